The van der Waals surface area contributed by atoms with Crippen molar-refractivity contribution < 1.29 is 9.94 Å². The summed E-state index contributed by atoms with van der Waals surface area (Å²) >= 11 is 0. The number of aliphatic hydroxyl groups excluding tert-OH is 1. The highest BCUT2D eigenvalue weighted by atomic mass is 16.7. The van der Waals surface area contributed by atoms with Crippen LogP contribution in [0.2, 0.25) is 0 Å². The van der Waals surface area contributed by atoms with Crippen LogP contribution in [0.15, 0.2) is 42.5 Å². The highest BCUT2D eigenvalue weighted by Crippen LogP contribution is 2.23. The van der Waals surface area contributed by atoms with Crippen LogP contribution in [0.3, 0.4) is 0 Å². The first kappa shape index (κ1) is 15.0. The van der Waals surface area contributed by atoms with E-state index in [1.165, 1.54) is 0 Å². The van der Waals surface area contributed by atoms with Gasteiger partial charge in [0.2, 0.25) is 0 Å². The minimum atomic E-state index is -0.0715. The average Bonchev–Trinajstić information content (AvgIpc) is 2.48. The Kier molecular flexibility index (Phi) is 4.86. The predicted octanol–water partition coefficient (Wildman–Crippen LogP) is 1.36. The van der Waals surface area contributed by atoms with Crippen molar-refractivity contribution in [1.82, 2.24) is 0 Å². The molecule has 21 heavy (non-hydrogen) atoms. The number of nitrogen functional groups attached to an aromatic ring is 3. The molecule has 2 rings (SSSR count). The van der Waals surface area contributed by atoms with Crippen LogP contribution < -0.4 is 22.3 Å². The van der Waals surface area contributed by atoms with Crippen LogP contribution in [0.1, 0.15) is 5.56 Å². The first-order valence-electron chi connectivity index (χ1n) is 6.61. The van der Waals surface area contributed by atoms with Crippen molar-refractivity contribution in [3.05, 3.63) is 48.0 Å². The number of hydrogen-bond donors (Lipinski definition) is 4. The van der Waals surface area contributed by atoms with Gasteiger partial charge in [-0.1, -0.05) is 0 Å². The summed E-state index contributed by atoms with van der Waals surface area (Å²) in [4.78, 5) is 5.56. The maximum Gasteiger partial charge on any atom is 0.0979 e. The second kappa shape index (κ2) is 6.83. The van der Waals surface area contributed by atoms with E-state index in [4.69, 9.17) is 27.1 Å². The van der Waals surface area contributed by atoms with Crippen molar-refractivity contribution in [2.45, 2.75) is 6.54 Å². The molecular formula is C15H20N4O2. The highest BCUT2D eigenvalue weighted by Gasteiger charge is 2.10. The molecule has 0 heterocycles. The van der Waals surface area contributed by atoms with Crippen LogP contribution in [0.5, 0.6) is 0 Å². The van der Waals surface area contributed by atoms with E-state index in [2.05, 4.69) is 0 Å². The number of nitrogens with zero attached hydrogens (tertiary/aromatic N) is 1. The maximum atomic E-state index is 8.95. The second-order valence-electron chi connectivity index (χ2n) is 4.64. The van der Waals surface area contributed by atoms with Gasteiger partial charge in [0.1, 0.15) is 0 Å². The van der Waals surface area contributed by atoms with E-state index in [1.807, 2.05) is 18.2 Å². The summed E-state index contributed by atoms with van der Waals surface area (Å²) in [6, 6.07) is 12.6. The lowest BCUT2D eigenvalue weighted by Crippen LogP contribution is -2.25. The van der Waals surface area contributed by atoms with Gasteiger partial charge in [-0.25, -0.2) is 5.06 Å². The number of hydroxylamine groups is 1. The minimum absolute atomic E-state index is 0.0715. The molecule has 0 saturated carbocycles. The van der Waals surface area contributed by atoms with Crippen LogP contribution in [0.4, 0.5) is 22.7 Å². The van der Waals surface area contributed by atoms with E-state index in [-0.39, 0.29) is 13.2 Å². The molecule has 6 nitrogen and oxygen atoms in total. The van der Waals surface area contributed by atoms with Gasteiger partial charge in [-0.3, -0.25) is 4.84 Å². The molecule has 0 amide bonds. The SMILES string of the molecule is Nc1ccc(N(Cc2cc(N)ccc2N)OCCO)cc1. The number of nitrogens with two attached hydrogens (primary N) is 3. The molecule has 0 aliphatic carbocycles. The molecule has 2 aromatic carbocycles. The van der Waals surface area contributed by atoms with E-state index in [0.717, 1.165) is 11.3 Å². The van der Waals surface area contributed by atoms with Crippen molar-refractivity contribution in [1.29, 1.82) is 0 Å². The molecule has 112 valence electrons. The van der Waals surface area contributed by atoms with E-state index in [1.54, 1.807) is 29.3 Å². The van der Waals surface area contributed by atoms with Crippen LogP contribution in [-0.2, 0) is 11.4 Å². The molecule has 2 aromatic rings. The minimum Gasteiger partial charge on any atom is -0.399 e. The number of hydrogen-bond acceptors (Lipinski definition) is 6. The van der Waals surface area contributed by atoms with Crippen molar-refractivity contribution in [2.75, 3.05) is 35.5 Å². The Morgan fingerprint density at radius 3 is 2.29 bits per heavy atom. The normalized spacial score (nSPS) is 10.5. The number of anilines is 4. The molecule has 0 aliphatic heterocycles. The smallest absolute Gasteiger partial charge is 0.0979 e. The molecule has 6 heteroatoms. The molecule has 0 aromatic heterocycles. The van der Waals surface area contributed by atoms with E-state index in [9.17, 15) is 0 Å². The molecule has 0 fully saturated rings. The van der Waals surface area contributed by atoms with Gasteiger partial charge in [-0.05, 0) is 48.0 Å². The van der Waals surface area contributed by atoms with Crippen molar-refractivity contribution in [3.63, 3.8) is 0 Å². The van der Waals surface area contributed by atoms with Crippen molar-refractivity contribution in [3.8, 4) is 0 Å². The molecule has 0 spiro atoms. The third-order valence-corrected chi connectivity index (χ3v) is 3.00. The summed E-state index contributed by atoms with van der Waals surface area (Å²) < 4.78 is 0. The molecular weight excluding hydrogens is 268 g/mol. The van der Waals surface area contributed by atoms with Crippen LogP contribution >= 0.6 is 0 Å². The maximum absolute atomic E-state index is 8.95. The molecule has 0 atom stereocenters. The Morgan fingerprint density at radius 1 is 0.952 bits per heavy atom. The lowest BCUT2D eigenvalue weighted by Gasteiger charge is -2.24. The molecule has 0 radical (unpaired) electrons. The Hall–Kier alpha value is -2.44. The summed E-state index contributed by atoms with van der Waals surface area (Å²) in [5.74, 6) is 0. The van der Waals surface area contributed by atoms with Crippen molar-refractivity contribution >= 4 is 22.7 Å². The fraction of sp³-hybridized carbons (Fsp3) is 0.200. The zero-order valence-corrected chi connectivity index (χ0v) is 11.7. The largest absolute Gasteiger partial charge is 0.399 e. The summed E-state index contributed by atoms with van der Waals surface area (Å²) in [5.41, 5.74) is 21.1. The lowest BCUT2D eigenvalue weighted by molar-refractivity contribution is 0.0698. The monoisotopic (exact) mass is 288 g/mol. The highest BCUT2D eigenvalue weighted by molar-refractivity contribution is 5.58. The Balaban J connectivity index is 2.23. The summed E-state index contributed by atoms with van der Waals surface area (Å²) in [6.07, 6.45) is 0. The predicted molar refractivity (Wildman–Crippen MR) is 85.3 cm³/mol. The van der Waals surface area contributed by atoms with Gasteiger partial charge >= 0.3 is 0 Å². The van der Waals surface area contributed by atoms with Gasteiger partial charge in [0.15, 0.2) is 0 Å². The topological polar surface area (TPSA) is 111 Å². The number of benzene rings is 2. The zero-order chi connectivity index (χ0) is 15.2. The Labute approximate surface area is 123 Å². The van der Waals surface area contributed by atoms with Crippen LogP contribution in [0.25, 0.3) is 0 Å². The first-order valence-corrected chi connectivity index (χ1v) is 6.61. The van der Waals surface area contributed by atoms with Gasteiger partial charge in [0.05, 0.1) is 25.4 Å². The Bertz CT molecular complexity index is 587. The molecule has 0 saturated heterocycles. The Morgan fingerprint density at radius 2 is 1.62 bits per heavy atom. The third-order valence-electron chi connectivity index (χ3n) is 3.00. The van der Waals surface area contributed by atoms with Crippen LogP contribution in [-0.4, -0.2) is 18.3 Å². The van der Waals surface area contributed by atoms with Crippen LogP contribution in [0, 0.1) is 0 Å². The van der Waals surface area contributed by atoms with Crippen molar-refractivity contribution in [2.24, 2.45) is 0 Å². The molecule has 0 unspecified atom stereocenters. The fourth-order valence-corrected chi connectivity index (χ4v) is 1.92. The summed E-state index contributed by atoms with van der Waals surface area (Å²) in [5, 5.41) is 10.6. The van der Waals surface area contributed by atoms with Gasteiger partial charge in [-0.15, -0.1) is 0 Å². The number of aliphatic hydroxyl groups is 1. The first-order chi connectivity index (χ1) is 10.1. The molecule has 7 N–H and O–H groups in total. The summed E-state index contributed by atoms with van der Waals surface area (Å²) in [6.45, 7) is 0.533. The molecule has 0 bridgehead atoms. The quantitative estimate of drug-likeness (QED) is 0.472. The van der Waals surface area contributed by atoms with Gasteiger partial charge in [-0.2, -0.15) is 0 Å². The fourth-order valence-electron chi connectivity index (χ4n) is 1.92. The third kappa shape index (κ3) is 4.01. The summed E-state index contributed by atoms with van der Waals surface area (Å²) in [7, 11) is 0. The van der Waals surface area contributed by atoms with E-state index < -0.39 is 0 Å². The number of rotatable bonds is 6. The standard InChI is InChI=1S/C15H20N4O2/c16-12-1-4-14(5-2-12)19(21-8-7-20)10-11-9-13(17)3-6-15(11)18/h1-6,9,20H,7-8,10,16-18H2. The molecule has 0 aliphatic rings. The average molecular weight is 288 g/mol. The zero-order valence-electron chi connectivity index (χ0n) is 11.7. The van der Waals surface area contributed by atoms with Gasteiger partial charge in [0, 0.05) is 17.1 Å². The lowest BCUT2D eigenvalue weighted by atomic mass is 10.1. The van der Waals surface area contributed by atoms with Gasteiger partial charge in [0.25, 0.3) is 0 Å². The van der Waals surface area contributed by atoms with Gasteiger partial charge < -0.3 is 22.3 Å². The second-order valence-corrected chi connectivity index (χ2v) is 4.64. The van der Waals surface area contributed by atoms with E-state index >= 15 is 0 Å². The van der Waals surface area contributed by atoms with E-state index in [0.29, 0.717) is 23.6 Å².